The molecule has 3 N–H and O–H groups in total. The van der Waals surface area contributed by atoms with Gasteiger partial charge in [0.25, 0.3) is 0 Å². The van der Waals surface area contributed by atoms with Crippen molar-refractivity contribution in [2.45, 2.75) is 24.5 Å². The van der Waals surface area contributed by atoms with Crippen LogP contribution in [-0.2, 0) is 33.9 Å². The van der Waals surface area contributed by atoms with Crippen LogP contribution in [-0.4, -0.2) is 40.0 Å². The zero-order valence-corrected chi connectivity index (χ0v) is 17.5. The maximum atomic E-state index is 13.6. The average Bonchev–Trinajstić information content (AvgIpc) is 2.69. The fraction of sp³-hybridized carbons (Fsp3) is 0.350. The quantitative estimate of drug-likeness (QED) is 0.503. The Hall–Kier alpha value is -2.60. The van der Waals surface area contributed by atoms with Crippen molar-refractivity contribution in [3.63, 3.8) is 0 Å². The smallest absolute Gasteiger partial charge is 0.381 e. The SMILES string of the molecule is C[S@](=O)CC(=O)NCc1ccc(NC[C@](O)(c2cccc(C(F)(F)F)c2)C(F)(F)F)cc1. The summed E-state index contributed by atoms with van der Waals surface area (Å²) in [5, 5.41) is 15.2. The highest BCUT2D eigenvalue weighted by molar-refractivity contribution is 7.85. The summed E-state index contributed by atoms with van der Waals surface area (Å²) in [7, 11) is -1.30. The molecular weight excluding hydrogens is 462 g/mol. The number of halogens is 6. The minimum absolute atomic E-state index is 0.104. The van der Waals surface area contributed by atoms with Crippen molar-refractivity contribution in [2.24, 2.45) is 0 Å². The molecule has 0 aromatic heterocycles. The Morgan fingerprint density at radius 2 is 1.59 bits per heavy atom. The van der Waals surface area contributed by atoms with Gasteiger partial charge in [0.2, 0.25) is 11.5 Å². The molecule has 0 unspecified atom stereocenters. The van der Waals surface area contributed by atoms with Crippen LogP contribution in [0.3, 0.4) is 0 Å². The van der Waals surface area contributed by atoms with Crippen LogP contribution < -0.4 is 10.6 Å². The molecule has 0 saturated carbocycles. The van der Waals surface area contributed by atoms with Crippen LogP contribution in [0.1, 0.15) is 16.7 Å². The fourth-order valence-electron chi connectivity index (χ4n) is 2.73. The number of alkyl halides is 6. The van der Waals surface area contributed by atoms with Crippen LogP contribution in [0.25, 0.3) is 0 Å². The molecule has 2 aromatic carbocycles. The van der Waals surface area contributed by atoms with Gasteiger partial charge in [-0.05, 0) is 35.4 Å². The van der Waals surface area contributed by atoms with E-state index in [1.165, 1.54) is 30.5 Å². The maximum Gasteiger partial charge on any atom is 0.423 e. The van der Waals surface area contributed by atoms with Crippen LogP contribution in [0.4, 0.5) is 32.0 Å². The lowest BCUT2D eigenvalue weighted by Gasteiger charge is -2.32. The lowest BCUT2D eigenvalue weighted by molar-refractivity contribution is -0.260. The molecular formula is C20H20F6N2O3S. The van der Waals surface area contributed by atoms with Crippen molar-refractivity contribution in [1.29, 1.82) is 0 Å². The number of nitrogens with one attached hydrogen (secondary N) is 2. The van der Waals surface area contributed by atoms with Gasteiger partial charge in [-0.3, -0.25) is 9.00 Å². The molecule has 2 atom stereocenters. The van der Waals surface area contributed by atoms with Gasteiger partial charge in [0.1, 0.15) is 5.75 Å². The molecule has 1 amide bonds. The average molecular weight is 482 g/mol. The molecule has 32 heavy (non-hydrogen) atoms. The molecule has 176 valence electrons. The summed E-state index contributed by atoms with van der Waals surface area (Å²) in [6.07, 6.45) is -8.75. The van der Waals surface area contributed by atoms with Crippen molar-refractivity contribution >= 4 is 22.4 Å². The van der Waals surface area contributed by atoms with E-state index in [1.807, 2.05) is 0 Å². The van der Waals surface area contributed by atoms with Gasteiger partial charge in [-0.25, -0.2) is 0 Å². The number of aliphatic hydroxyl groups is 1. The molecule has 2 aromatic rings. The van der Waals surface area contributed by atoms with Gasteiger partial charge in [-0.15, -0.1) is 0 Å². The summed E-state index contributed by atoms with van der Waals surface area (Å²) < 4.78 is 90.5. The van der Waals surface area contributed by atoms with Crippen molar-refractivity contribution in [1.82, 2.24) is 5.32 Å². The minimum Gasteiger partial charge on any atom is -0.381 e. The second-order valence-electron chi connectivity index (χ2n) is 6.98. The van der Waals surface area contributed by atoms with Crippen LogP contribution in [0, 0.1) is 0 Å². The first kappa shape index (κ1) is 25.7. The van der Waals surface area contributed by atoms with Crippen LogP contribution in [0.2, 0.25) is 0 Å². The summed E-state index contributed by atoms with van der Waals surface area (Å²) in [6.45, 7) is -1.02. The summed E-state index contributed by atoms with van der Waals surface area (Å²) in [4.78, 5) is 11.5. The molecule has 0 aliphatic heterocycles. The number of rotatable bonds is 8. The van der Waals surface area contributed by atoms with E-state index in [2.05, 4.69) is 10.6 Å². The first-order valence-electron chi connectivity index (χ1n) is 9.09. The van der Waals surface area contributed by atoms with Crippen LogP contribution >= 0.6 is 0 Å². The maximum absolute atomic E-state index is 13.6. The molecule has 2 rings (SSSR count). The third-order valence-corrected chi connectivity index (χ3v) is 5.13. The van der Waals surface area contributed by atoms with Crippen molar-refractivity contribution < 1.29 is 40.5 Å². The van der Waals surface area contributed by atoms with E-state index < -0.39 is 52.3 Å². The Bertz CT molecular complexity index is 963. The number of carbonyl (C=O) groups excluding carboxylic acids is 1. The second kappa shape index (κ2) is 9.90. The Labute approximate surface area is 182 Å². The van der Waals surface area contributed by atoms with Gasteiger partial charge in [0.05, 0.1) is 12.1 Å². The number of hydrogen-bond acceptors (Lipinski definition) is 4. The van der Waals surface area contributed by atoms with E-state index in [1.54, 1.807) is 0 Å². The molecule has 5 nitrogen and oxygen atoms in total. The Balaban J connectivity index is 2.13. The predicted octanol–water partition coefficient (Wildman–Crippen LogP) is 3.56. The fourth-order valence-corrected chi connectivity index (χ4v) is 3.20. The molecule has 0 aliphatic rings. The lowest BCUT2D eigenvalue weighted by Crippen LogP contribution is -2.47. The van der Waals surface area contributed by atoms with Gasteiger partial charge < -0.3 is 15.7 Å². The number of anilines is 1. The Morgan fingerprint density at radius 1 is 1.00 bits per heavy atom. The molecule has 0 radical (unpaired) electrons. The standard InChI is InChI=1S/C20H20F6N2O3S/c1-32(31)11-17(29)27-10-13-5-7-16(8-6-13)28-12-18(30,20(24,25)26)14-3-2-4-15(9-14)19(21,22)23/h2-9,28,30H,10-12H2,1H3,(H,27,29)/t18-,32-/m0/s1. The van der Waals surface area contributed by atoms with Crippen LogP contribution in [0.15, 0.2) is 48.5 Å². The first-order valence-corrected chi connectivity index (χ1v) is 10.8. The predicted molar refractivity (Wildman–Crippen MR) is 107 cm³/mol. The van der Waals surface area contributed by atoms with Crippen molar-refractivity contribution in [3.8, 4) is 0 Å². The minimum atomic E-state index is -5.26. The molecule has 0 saturated heterocycles. The first-order chi connectivity index (χ1) is 14.7. The van der Waals surface area contributed by atoms with Gasteiger partial charge in [-0.2, -0.15) is 26.3 Å². The van der Waals surface area contributed by atoms with E-state index in [0.29, 0.717) is 11.6 Å². The van der Waals surface area contributed by atoms with Crippen molar-refractivity contribution in [3.05, 3.63) is 65.2 Å². The summed E-state index contributed by atoms with van der Waals surface area (Å²) in [6, 6.07) is 8.24. The highest BCUT2D eigenvalue weighted by atomic mass is 32.2. The summed E-state index contributed by atoms with van der Waals surface area (Å²) in [5.74, 6) is -0.588. The third kappa shape index (κ3) is 6.70. The number of benzene rings is 2. The highest BCUT2D eigenvalue weighted by Gasteiger charge is 2.55. The molecule has 0 aliphatic carbocycles. The molecule has 12 heteroatoms. The number of amides is 1. The lowest BCUT2D eigenvalue weighted by atomic mass is 9.91. The van der Waals surface area contributed by atoms with Crippen LogP contribution in [0.5, 0.6) is 0 Å². The Kier molecular flexibility index (Phi) is 7.94. The van der Waals surface area contributed by atoms with Crippen molar-refractivity contribution in [2.75, 3.05) is 23.9 Å². The van der Waals surface area contributed by atoms with Gasteiger partial charge in [0, 0.05) is 29.3 Å². The topological polar surface area (TPSA) is 78.4 Å². The number of hydrogen-bond donors (Lipinski definition) is 3. The summed E-state index contributed by atoms with van der Waals surface area (Å²) in [5.41, 5.74) is -5.05. The normalized spacial score (nSPS) is 15.0. The van der Waals surface area contributed by atoms with E-state index in [4.69, 9.17) is 0 Å². The Morgan fingerprint density at radius 3 is 2.12 bits per heavy atom. The summed E-state index contributed by atoms with van der Waals surface area (Å²) >= 11 is 0. The second-order valence-corrected chi connectivity index (χ2v) is 8.42. The number of carbonyl (C=O) groups is 1. The third-order valence-electron chi connectivity index (χ3n) is 4.46. The molecule has 0 spiro atoms. The zero-order valence-electron chi connectivity index (χ0n) is 16.7. The zero-order chi connectivity index (χ0) is 24.2. The highest BCUT2D eigenvalue weighted by Crippen LogP contribution is 2.41. The van der Waals surface area contributed by atoms with Gasteiger partial charge >= 0.3 is 12.4 Å². The van der Waals surface area contributed by atoms with E-state index in [0.717, 1.165) is 12.1 Å². The largest absolute Gasteiger partial charge is 0.423 e. The monoisotopic (exact) mass is 482 g/mol. The van der Waals surface area contributed by atoms with E-state index in [-0.39, 0.29) is 24.1 Å². The van der Waals surface area contributed by atoms with E-state index in [9.17, 15) is 40.5 Å². The molecule has 0 bridgehead atoms. The van der Waals surface area contributed by atoms with Gasteiger partial charge in [-0.1, -0.05) is 24.3 Å². The molecule has 0 fully saturated rings. The van der Waals surface area contributed by atoms with E-state index >= 15 is 0 Å². The van der Waals surface area contributed by atoms with Gasteiger partial charge in [0.15, 0.2) is 0 Å². The molecule has 0 heterocycles.